The van der Waals surface area contributed by atoms with Crippen molar-refractivity contribution in [1.82, 2.24) is 5.48 Å². The summed E-state index contributed by atoms with van der Waals surface area (Å²) in [6, 6.07) is 9.28. The Balaban J connectivity index is 2.53. The number of carbonyl (C=O) groups excluding carboxylic acids is 1. The summed E-state index contributed by atoms with van der Waals surface area (Å²) in [5.41, 5.74) is 3.31. The molecule has 1 N–H and O–H groups in total. The van der Waals surface area contributed by atoms with Gasteiger partial charge in [-0.25, -0.2) is 10.3 Å². The number of hydrogen-bond acceptors (Lipinski definition) is 2. The molecule has 94 valence electrons. The summed E-state index contributed by atoms with van der Waals surface area (Å²) < 4.78 is 0. The molecule has 1 rings (SSSR count). The topological polar surface area (TPSA) is 41.6 Å². The lowest BCUT2D eigenvalue weighted by atomic mass is 10.2. The van der Waals surface area contributed by atoms with Crippen LogP contribution in [0.1, 0.15) is 20.8 Å². The standard InChI is InChI=1S/C13H20N2O2/c1-4-15(12-8-6-5-7-9-12)13(16)14-17-10-11(2)3/h5-9,11H,4,10H2,1-3H3,(H,14,16). The number of carbonyl (C=O) groups is 1. The van der Waals surface area contributed by atoms with Crippen LogP contribution in [0, 0.1) is 5.92 Å². The first-order valence-electron chi connectivity index (χ1n) is 5.89. The molecule has 0 spiro atoms. The first kappa shape index (κ1) is 13.5. The molecule has 0 aliphatic heterocycles. The van der Waals surface area contributed by atoms with Crippen molar-refractivity contribution in [3.63, 3.8) is 0 Å². The van der Waals surface area contributed by atoms with Gasteiger partial charge in [0.2, 0.25) is 0 Å². The number of hydroxylamine groups is 1. The second-order valence-electron chi connectivity index (χ2n) is 4.19. The SMILES string of the molecule is CCN(C(=O)NOCC(C)C)c1ccccc1. The van der Waals surface area contributed by atoms with Crippen LogP contribution in [0.25, 0.3) is 0 Å². The smallest absolute Gasteiger partial charge is 0.293 e. The maximum absolute atomic E-state index is 11.8. The van der Waals surface area contributed by atoms with E-state index in [9.17, 15) is 4.79 Å². The first-order valence-corrected chi connectivity index (χ1v) is 5.89. The lowest BCUT2D eigenvalue weighted by molar-refractivity contribution is 0.0462. The van der Waals surface area contributed by atoms with Crippen LogP contribution in [0.15, 0.2) is 30.3 Å². The Labute approximate surface area is 103 Å². The molecule has 0 aromatic heterocycles. The highest BCUT2D eigenvalue weighted by Crippen LogP contribution is 2.12. The van der Waals surface area contributed by atoms with Crippen LogP contribution < -0.4 is 10.4 Å². The minimum Gasteiger partial charge on any atom is -0.293 e. The van der Waals surface area contributed by atoms with Gasteiger partial charge in [0.05, 0.1) is 6.61 Å². The number of nitrogens with one attached hydrogen (secondary N) is 1. The number of hydrogen-bond donors (Lipinski definition) is 1. The maximum Gasteiger partial charge on any atom is 0.345 e. The van der Waals surface area contributed by atoms with Gasteiger partial charge in [-0.05, 0) is 25.0 Å². The number of rotatable bonds is 5. The average molecular weight is 236 g/mol. The van der Waals surface area contributed by atoms with Gasteiger partial charge in [0.1, 0.15) is 0 Å². The van der Waals surface area contributed by atoms with Crippen LogP contribution >= 0.6 is 0 Å². The van der Waals surface area contributed by atoms with Crippen LogP contribution in [-0.2, 0) is 4.84 Å². The molecule has 0 bridgehead atoms. The third kappa shape index (κ3) is 4.44. The number of amides is 2. The van der Waals surface area contributed by atoms with Crippen LogP contribution in [0.3, 0.4) is 0 Å². The van der Waals surface area contributed by atoms with Crippen molar-refractivity contribution >= 4 is 11.7 Å². The molecule has 0 fully saturated rings. The summed E-state index contributed by atoms with van der Waals surface area (Å²) >= 11 is 0. The van der Waals surface area contributed by atoms with Gasteiger partial charge in [-0.15, -0.1) is 0 Å². The summed E-state index contributed by atoms with van der Waals surface area (Å²) in [6.45, 7) is 7.09. The Kier molecular flexibility index (Phi) is 5.49. The van der Waals surface area contributed by atoms with E-state index < -0.39 is 0 Å². The molecule has 0 radical (unpaired) electrons. The van der Waals surface area contributed by atoms with Gasteiger partial charge in [0.25, 0.3) is 0 Å². The number of benzene rings is 1. The third-order valence-electron chi connectivity index (χ3n) is 2.21. The molecule has 2 amide bonds. The van der Waals surface area contributed by atoms with Crippen LogP contribution in [0.2, 0.25) is 0 Å². The highest BCUT2D eigenvalue weighted by Gasteiger charge is 2.13. The van der Waals surface area contributed by atoms with E-state index in [0.717, 1.165) is 5.69 Å². The van der Waals surface area contributed by atoms with E-state index in [2.05, 4.69) is 5.48 Å². The summed E-state index contributed by atoms with van der Waals surface area (Å²) in [7, 11) is 0. The molecule has 0 saturated heterocycles. The summed E-state index contributed by atoms with van der Waals surface area (Å²) in [6.07, 6.45) is 0. The van der Waals surface area contributed by atoms with Gasteiger partial charge in [-0.2, -0.15) is 0 Å². The summed E-state index contributed by atoms with van der Waals surface area (Å²) in [5, 5.41) is 0. The molecule has 0 heterocycles. The molecule has 1 aromatic rings. The molecule has 4 nitrogen and oxygen atoms in total. The first-order chi connectivity index (χ1) is 8.15. The quantitative estimate of drug-likeness (QED) is 0.799. The number of para-hydroxylation sites is 1. The van der Waals surface area contributed by atoms with E-state index in [1.165, 1.54) is 0 Å². The predicted octanol–water partition coefficient (Wildman–Crippen LogP) is 2.81. The minimum atomic E-state index is -0.237. The van der Waals surface area contributed by atoms with E-state index in [1.807, 2.05) is 51.1 Å². The second kappa shape index (κ2) is 6.91. The zero-order chi connectivity index (χ0) is 12.7. The van der Waals surface area contributed by atoms with Crippen molar-refractivity contribution in [2.45, 2.75) is 20.8 Å². The third-order valence-corrected chi connectivity index (χ3v) is 2.21. The van der Waals surface area contributed by atoms with Gasteiger partial charge >= 0.3 is 6.03 Å². The highest BCUT2D eigenvalue weighted by molar-refractivity contribution is 5.91. The lowest BCUT2D eigenvalue weighted by Crippen LogP contribution is -2.40. The lowest BCUT2D eigenvalue weighted by Gasteiger charge is -2.21. The summed E-state index contributed by atoms with van der Waals surface area (Å²) in [5.74, 6) is 0.391. The molecular formula is C13H20N2O2. The van der Waals surface area contributed by atoms with Gasteiger partial charge in [0, 0.05) is 12.2 Å². The maximum atomic E-state index is 11.8. The fourth-order valence-electron chi connectivity index (χ4n) is 1.38. The fraction of sp³-hybridized carbons (Fsp3) is 0.462. The molecule has 0 aliphatic carbocycles. The van der Waals surface area contributed by atoms with Crippen molar-refractivity contribution in [2.75, 3.05) is 18.1 Å². The van der Waals surface area contributed by atoms with Gasteiger partial charge in [0.15, 0.2) is 0 Å². The zero-order valence-corrected chi connectivity index (χ0v) is 10.6. The van der Waals surface area contributed by atoms with Gasteiger partial charge in [-0.3, -0.25) is 9.74 Å². The van der Waals surface area contributed by atoms with Crippen molar-refractivity contribution in [3.8, 4) is 0 Å². The monoisotopic (exact) mass is 236 g/mol. The Morgan fingerprint density at radius 2 is 2.00 bits per heavy atom. The Morgan fingerprint density at radius 1 is 1.35 bits per heavy atom. The number of anilines is 1. The Hall–Kier alpha value is -1.55. The molecule has 0 atom stereocenters. The van der Waals surface area contributed by atoms with E-state index in [-0.39, 0.29) is 6.03 Å². The average Bonchev–Trinajstić information content (AvgIpc) is 2.31. The van der Waals surface area contributed by atoms with E-state index in [1.54, 1.807) is 4.90 Å². The molecule has 0 unspecified atom stereocenters. The normalized spacial score (nSPS) is 10.4. The Morgan fingerprint density at radius 3 is 2.53 bits per heavy atom. The Bertz CT molecular complexity index is 339. The van der Waals surface area contributed by atoms with Crippen LogP contribution in [0.4, 0.5) is 10.5 Å². The van der Waals surface area contributed by atoms with E-state index in [0.29, 0.717) is 19.1 Å². The van der Waals surface area contributed by atoms with E-state index in [4.69, 9.17) is 4.84 Å². The largest absolute Gasteiger partial charge is 0.345 e. The second-order valence-corrected chi connectivity index (χ2v) is 4.19. The zero-order valence-electron chi connectivity index (χ0n) is 10.6. The van der Waals surface area contributed by atoms with Crippen molar-refractivity contribution in [2.24, 2.45) is 5.92 Å². The highest BCUT2D eigenvalue weighted by atomic mass is 16.7. The number of urea groups is 1. The molecule has 17 heavy (non-hydrogen) atoms. The van der Waals surface area contributed by atoms with Crippen molar-refractivity contribution in [3.05, 3.63) is 30.3 Å². The molecule has 4 heteroatoms. The van der Waals surface area contributed by atoms with Crippen LogP contribution in [-0.4, -0.2) is 19.2 Å². The predicted molar refractivity (Wildman–Crippen MR) is 68.8 cm³/mol. The van der Waals surface area contributed by atoms with Gasteiger partial charge in [-0.1, -0.05) is 32.0 Å². The van der Waals surface area contributed by atoms with Crippen molar-refractivity contribution < 1.29 is 9.63 Å². The molecular weight excluding hydrogens is 216 g/mol. The van der Waals surface area contributed by atoms with E-state index >= 15 is 0 Å². The number of nitrogens with zero attached hydrogens (tertiary/aromatic N) is 1. The van der Waals surface area contributed by atoms with Crippen molar-refractivity contribution in [1.29, 1.82) is 0 Å². The molecule has 1 aromatic carbocycles. The summed E-state index contributed by atoms with van der Waals surface area (Å²) in [4.78, 5) is 18.6. The fourth-order valence-corrected chi connectivity index (χ4v) is 1.38. The molecule has 0 saturated carbocycles. The van der Waals surface area contributed by atoms with Gasteiger partial charge < -0.3 is 0 Å². The minimum absolute atomic E-state index is 0.237. The van der Waals surface area contributed by atoms with Crippen LogP contribution in [0.5, 0.6) is 0 Å². The molecule has 0 aliphatic rings.